The van der Waals surface area contributed by atoms with E-state index in [2.05, 4.69) is 5.32 Å². The van der Waals surface area contributed by atoms with Crippen molar-refractivity contribution >= 4 is 23.6 Å². The molecule has 0 radical (unpaired) electrons. The standard InChI is InChI=1S/C29H31NO8/c1-33-23-11-10-20(17-22(23)32)21(31)13-14-30-27-19(9-12-24(34-2)29(27)38-6)8-7-18-15-25(35-3)28(37-5)26(16-18)36-4/h7-17,30,32H,1-6H3. The molecule has 3 aromatic rings. The van der Waals surface area contributed by atoms with Crippen LogP contribution in [0.5, 0.6) is 40.2 Å². The molecule has 0 aliphatic carbocycles. The fourth-order valence-corrected chi connectivity index (χ4v) is 3.75. The molecular weight excluding hydrogens is 490 g/mol. The minimum atomic E-state index is -0.313. The van der Waals surface area contributed by atoms with Gasteiger partial charge in [-0.1, -0.05) is 12.2 Å². The number of phenolic OH excluding ortho intramolecular Hbond substituents is 1. The van der Waals surface area contributed by atoms with E-state index in [0.29, 0.717) is 40.0 Å². The maximum atomic E-state index is 12.7. The second-order valence-electron chi connectivity index (χ2n) is 7.79. The number of hydrogen-bond acceptors (Lipinski definition) is 9. The molecule has 0 amide bonds. The van der Waals surface area contributed by atoms with E-state index in [0.717, 1.165) is 11.1 Å². The van der Waals surface area contributed by atoms with Gasteiger partial charge in [0.25, 0.3) is 0 Å². The first-order valence-electron chi connectivity index (χ1n) is 11.5. The number of carbonyl (C=O) groups excluding carboxylic acids is 1. The molecule has 0 heterocycles. The molecule has 9 nitrogen and oxygen atoms in total. The van der Waals surface area contributed by atoms with Gasteiger partial charge in [-0.3, -0.25) is 4.79 Å². The SMILES string of the molecule is COc1ccc(C(=O)C=CNc2c(C=Cc3cc(OC)c(OC)c(OC)c3)ccc(OC)c2OC)cc1O. The van der Waals surface area contributed by atoms with E-state index in [-0.39, 0.29) is 17.3 Å². The summed E-state index contributed by atoms with van der Waals surface area (Å²) in [6, 6.07) is 11.7. The van der Waals surface area contributed by atoms with Gasteiger partial charge in [-0.05, 0) is 48.0 Å². The number of methoxy groups -OCH3 is 6. The zero-order valence-electron chi connectivity index (χ0n) is 22.2. The zero-order valence-corrected chi connectivity index (χ0v) is 22.2. The summed E-state index contributed by atoms with van der Waals surface area (Å²) >= 11 is 0. The number of benzene rings is 3. The molecule has 2 N–H and O–H groups in total. The molecule has 0 unspecified atom stereocenters. The van der Waals surface area contributed by atoms with Crippen LogP contribution in [0.2, 0.25) is 0 Å². The van der Waals surface area contributed by atoms with Crippen molar-refractivity contribution in [2.45, 2.75) is 0 Å². The van der Waals surface area contributed by atoms with Gasteiger partial charge in [-0.2, -0.15) is 0 Å². The van der Waals surface area contributed by atoms with Crippen LogP contribution in [0.25, 0.3) is 12.2 Å². The molecule has 0 aromatic heterocycles. The minimum absolute atomic E-state index is 0.117. The monoisotopic (exact) mass is 521 g/mol. The first-order valence-corrected chi connectivity index (χ1v) is 11.5. The van der Waals surface area contributed by atoms with E-state index in [9.17, 15) is 9.90 Å². The lowest BCUT2D eigenvalue weighted by Gasteiger charge is -2.15. The van der Waals surface area contributed by atoms with Crippen LogP contribution in [0.4, 0.5) is 5.69 Å². The molecule has 0 bridgehead atoms. The second kappa shape index (κ2) is 13.0. The molecule has 3 rings (SSSR count). The topological polar surface area (TPSA) is 105 Å². The average Bonchev–Trinajstić information content (AvgIpc) is 2.95. The van der Waals surface area contributed by atoms with Crippen molar-refractivity contribution in [1.82, 2.24) is 0 Å². The number of aromatic hydroxyl groups is 1. The highest BCUT2D eigenvalue weighted by molar-refractivity contribution is 6.05. The van der Waals surface area contributed by atoms with Crippen molar-refractivity contribution in [3.63, 3.8) is 0 Å². The van der Waals surface area contributed by atoms with Crippen molar-refractivity contribution < 1.29 is 38.3 Å². The number of hydrogen-bond donors (Lipinski definition) is 2. The predicted molar refractivity (Wildman–Crippen MR) is 146 cm³/mol. The number of anilines is 1. The van der Waals surface area contributed by atoms with Crippen LogP contribution in [0.1, 0.15) is 21.5 Å². The molecule has 0 fully saturated rings. The van der Waals surface area contributed by atoms with Gasteiger partial charge in [0.05, 0.1) is 48.3 Å². The third kappa shape index (κ3) is 6.12. The second-order valence-corrected chi connectivity index (χ2v) is 7.79. The minimum Gasteiger partial charge on any atom is -0.504 e. The highest BCUT2D eigenvalue weighted by Crippen LogP contribution is 2.41. The normalized spacial score (nSPS) is 10.9. The molecule has 38 heavy (non-hydrogen) atoms. The largest absolute Gasteiger partial charge is 0.504 e. The van der Waals surface area contributed by atoms with Gasteiger partial charge in [0.15, 0.2) is 40.3 Å². The van der Waals surface area contributed by atoms with E-state index in [1.807, 2.05) is 30.4 Å². The lowest BCUT2D eigenvalue weighted by Crippen LogP contribution is -2.01. The summed E-state index contributed by atoms with van der Waals surface area (Å²) in [6.45, 7) is 0. The predicted octanol–water partition coefficient (Wildman–Crippen LogP) is 5.42. The molecule has 0 atom stereocenters. The van der Waals surface area contributed by atoms with Crippen LogP contribution < -0.4 is 33.7 Å². The van der Waals surface area contributed by atoms with Crippen molar-refractivity contribution in [2.24, 2.45) is 0 Å². The number of carbonyl (C=O) groups is 1. The van der Waals surface area contributed by atoms with Gasteiger partial charge >= 0.3 is 0 Å². The molecule has 3 aromatic carbocycles. The summed E-state index contributed by atoms with van der Waals surface area (Å²) in [6.07, 6.45) is 6.61. The maximum absolute atomic E-state index is 12.7. The van der Waals surface area contributed by atoms with Gasteiger partial charge in [0.1, 0.15) is 0 Å². The summed E-state index contributed by atoms with van der Waals surface area (Å²) in [5.41, 5.74) is 2.46. The Morgan fingerprint density at radius 3 is 1.87 bits per heavy atom. The van der Waals surface area contributed by atoms with Crippen molar-refractivity contribution in [1.29, 1.82) is 0 Å². The van der Waals surface area contributed by atoms with Gasteiger partial charge in [0.2, 0.25) is 5.75 Å². The smallest absolute Gasteiger partial charge is 0.203 e. The first-order chi connectivity index (χ1) is 18.4. The molecule has 0 aliphatic rings. The molecule has 200 valence electrons. The first kappa shape index (κ1) is 27.8. The lowest BCUT2D eigenvalue weighted by atomic mass is 10.1. The van der Waals surface area contributed by atoms with Crippen LogP contribution in [-0.4, -0.2) is 53.5 Å². The molecule has 0 aliphatic heterocycles. The van der Waals surface area contributed by atoms with Crippen LogP contribution >= 0.6 is 0 Å². The van der Waals surface area contributed by atoms with E-state index in [1.54, 1.807) is 40.6 Å². The highest BCUT2D eigenvalue weighted by atomic mass is 16.5. The number of phenols is 1. The van der Waals surface area contributed by atoms with E-state index in [1.165, 1.54) is 38.6 Å². The lowest BCUT2D eigenvalue weighted by molar-refractivity contribution is 0.104. The van der Waals surface area contributed by atoms with Crippen LogP contribution in [0.3, 0.4) is 0 Å². The molecular formula is C29H31NO8. The van der Waals surface area contributed by atoms with Crippen molar-refractivity contribution in [2.75, 3.05) is 48.0 Å². The molecule has 0 saturated heterocycles. The fourth-order valence-electron chi connectivity index (χ4n) is 3.75. The van der Waals surface area contributed by atoms with Gasteiger partial charge < -0.3 is 38.8 Å². The Morgan fingerprint density at radius 1 is 0.711 bits per heavy atom. The molecule has 0 saturated carbocycles. The van der Waals surface area contributed by atoms with Crippen LogP contribution in [0.15, 0.2) is 54.7 Å². The number of nitrogens with one attached hydrogen (secondary N) is 1. The summed E-state index contributed by atoms with van der Waals surface area (Å²) < 4.78 is 32.4. The van der Waals surface area contributed by atoms with Crippen LogP contribution in [0, 0.1) is 0 Å². The zero-order chi connectivity index (χ0) is 27.7. The average molecular weight is 522 g/mol. The number of allylic oxidation sites excluding steroid dienone is 1. The number of ether oxygens (including phenoxy) is 6. The number of rotatable bonds is 12. The van der Waals surface area contributed by atoms with E-state index < -0.39 is 0 Å². The Labute approximate surface area is 221 Å². The summed E-state index contributed by atoms with van der Waals surface area (Å²) in [5, 5.41) is 13.1. The Hall–Kier alpha value is -4.79. The van der Waals surface area contributed by atoms with E-state index >= 15 is 0 Å². The quantitative estimate of drug-likeness (QED) is 0.184. The van der Waals surface area contributed by atoms with Gasteiger partial charge in [-0.15, -0.1) is 0 Å². The molecule has 9 heteroatoms. The van der Waals surface area contributed by atoms with Crippen molar-refractivity contribution in [3.05, 3.63) is 71.4 Å². The molecule has 0 spiro atoms. The fraction of sp³-hybridized carbons (Fsp3) is 0.207. The number of ketones is 1. The third-order valence-electron chi connectivity index (χ3n) is 5.65. The summed E-state index contributed by atoms with van der Waals surface area (Å²) in [5.74, 6) is 2.39. The Kier molecular flexibility index (Phi) is 9.48. The highest BCUT2D eigenvalue weighted by Gasteiger charge is 2.15. The summed E-state index contributed by atoms with van der Waals surface area (Å²) in [4.78, 5) is 12.7. The third-order valence-corrected chi connectivity index (χ3v) is 5.65. The Balaban J connectivity index is 1.94. The van der Waals surface area contributed by atoms with E-state index in [4.69, 9.17) is 28.4 Å². The van der Waals surface area contributed by atoms with Crippen molar-refractivity contribution in [3.8, 4) is 40.2 Å². The van der Waals surface area contributed by atoms with Crippen LogP contribution in [-0.2, 0) is 0 Å². The Bertz CT molecular complexity index is 1320. The maximum Gasteiger partial charge on any atom is 0.203 e. The van der Waals surface area contributed by atoms with Gasteiger partial charge in [0, 0.05) is 23.4 Å². The van der Waals surface area contributed by atoms with Gasteiger partial charge in [-0.25, -0.2) is 0 Å². The summed E-state index contributed by atoms with van der Waals surface area (Å²) in [7, 11) is 9.18. The Morgan fingerprint density at radius 2 is 1.32 bits per heavy atom.